The monoisotopic (exact) mass is 397 g/mol. The van der Waals surface area contributed by atoms with Crippen LogP contribution in [0.1, 0.15) is 52.5 Å². The van der Waals surface area contributed by atoms with E-state index in [0.717, 1.165) is 30.3 Å². The van der Waals surface area contributed by atoms with E-state index in [1.807, 2.05) is 0 Å². The smallest absolute Gasteiger partial charge is 0.240 e. The number of ether oxygens (including phenoxy) is 2. The minimum atomic E-state index is 0.139. The van der Waals surface area contributed by atoms with Crippen molar-refractivity contribution in [1.29, 1.82) is 0 Å². The van der Waals surface area contributed by atoms with Gasteiger partial charge in [0.2, 0.25) is 5.89 Å². The highest BCUT2D eigenvalue weighted by Gasteiger charge is 2.33. The third kappa shape index (κ3) is 3.18. The molecule has 0 saturated heterocycles. The van der Waals surface area contributed by atoms with Gasteiger partial charge in [-0.05, 0) is 54.0 Å². The second kappa shape index (κ2) is 7.22. The minimum Gasteiger partial charge on any atom is -0.493 e. The van der Waals surface area contributed by atoms with E-state index >= 15 is 0 Å². The van der Waals surface area contributed by atoms with Crippen molar-refractivity contribution in [3.8, 4) is 11.5 Å². The lowest BCUT2D eigenvalue weighted by Crippen LogP contribution is -2.35. The molecular weight excluding hydrogens is 374 g/mol. The van der Waals surface area contributed by atoms with Crippen molar-refractivity contribution in [1.82, 2.24) is 15.0 Å². The number of nitrogens with zero attached hydrogens (tertiary/aromatic N) is 3. The Hall–Kier alpha value is -2.38. The average molecular weight is 398 g/mol. The molecule has 1 fully saturated rings. The SMILES string of the molecule is COc1cc2c(cc1OC)C(c1cccs1)N(Cc1nc(C3CC3)no1)CC2. The minimum absolute atomic E-state index is 0.139. The van der Waals surface area contributed by atoms with Gasteiger partial charge in [-0.2, -0.15) is 4.98 Å². The fraction of sp³-hybridized carbons (Fsp3) is 0.429. The zero-order chi connectivity index (χ0) is 19.1. The molecular formula is C21H23N3O3S. The summed E-state index contributed by atoms with van der Waals surface area (Å²) in [5.74, 6) is 3.62. The first-order chi connectivity index (χ1) is 13.8. The van der Waals surface area contributed by atoms with Crippen LogP contribution in [0.3, 0.4) is 0 Å². The summed E-state index contributed by atoms with van der Waals surface area (Å²) in [6.45, 7) is 1.57. The summed E-state index contributed by atoms with van der Waals surface area (Å²) in [6, 6.07) is 8.67. The molecule has 1 aromatic carbocycles. The Kier molecular flexibility index (Phi) is 4.56. The van der Waals surface area contributed by atoms with Crippen LogP contribution in [-0.4, -0.2) is 35.8 Å². The van der Waals surface area contributed by atoms with Crippen molar-refractivity contribution >= 4 is 11.3 Å². The highest BCUT2D eigenvalue weighted by Crippen LogP contribution is 2.43. The van der Waals surface area contributed by atoms with E-state index in [4.69, 9.17) is 14.0 Å². The van der Waals surface area contributed by atoms with Gasteiger partial charge >= 0.3 is 0 Å². The molecule has 0 N–H and O–H groups in total. The van der Waals surface area contributed by atoms with Crippen LogP contribution in [0.25, 0.3) is 0 Å². The lowest BCUT2D eigenvalue weighted by atomic mass is 9.91. The van der Waals surface area contributed by atoms with Gasteiger partial charge in [-0.1, -0.05) is 11.2 Å². The van der Waals surface area contributed by atoms with Crippen molar-refractivity contribution in [3.05, 3.63) is 57.4 Å². The van der Waals surface area contributed by atoms with Crippen LogP contribution in [-0.2, 0) is 13.0 Å². The third-order valence-electron chi connectivity index (χ3n) is 5.55. The van der Waals surface area contributed by atoms with E-state index in [1.54, 1.807) is 25.6 Å². The van der Waals surface area contributed by atoms with E-state index in [2.05, 4.69) is 44.7 Å². The van der Waals surface area contributed by atoms with Crippen molar-refractivity contribution in [3.63, 3.8) is 0 Å². The zero-order valence-electron chi connectivity index (χ0n) is 16.1. The first kappa shape index (κ1) is 17.7. The Morgan fingerprint density at radius 1 is 1.21 bits per heavy atom. The molecule has 0 amide bonds. The van der Waals surface area contributed by atoms with E-state index in [-0.39, 0.29) is 6.04 Å². The molecule has 2 aromatic heterocycles. The quantitative estimate of drug-likeness (QED) is 0.622. The Balaban J connectivity index is 1.51. The number of thiophene rings is 1. The van der Waals surface area contributed by atoms with Crippen molar-refractivity contribution in [2.45, 2.75) is 37.8 Å². The molecule has 0 bridgehead atoms. The average Bonchev–Trinajstić information content (AvgIpc) is 3.23. The molecule has 1 aliphatic carbocycles. The van der Waals surface area contributed by atoms with E-state index < -0.39 is 0 Å². The van der Waals surface area contributed by atoms with Crippen LogP contribution >= 0.6 is 11.3 Å². The lowest BCUT2D eigenvalue weighted by Gasteiger charge is -2.36. The molecule has 1 unspecified atom stereocenters. The molecule has 3 heterocycles. The number of aromatic nitrogens is 2. The van der Waals surface area contributed by atoms with Crippen LogP contribution in [0.2, 0.25) is 0 Å². The molecule has 0 radical (unpaired) electrons. The van der Waals surface area contributed by atoms with Crippen LogP contribution in [0, 0.1) is 0 Å². The molecule has 0 spiro atoms. The molecule has 3 aromatic rings. The molecule has 5 rings (SSSR count). The van der Waals surface area contributed by atoms with Gasteiger partial charge in [-0.25, -0.2) is 0 Å². The first-order valence-corrected chi connectivity index (χ1v) is 10.5. The second-order valence-corrected chi connectivity index (χ2v) is 8.34. The van der Waals surface area contributed by atoms with Gasteiger partial charge < -0.3 is 14.0 Å². The van der Waals surface area contributed by atoms with Crippen molar-refractivity contribution in [2.75, 3.05) is 20.8 Å². The normalized spacial score (nSPS) is 19.4. The van der Waals surface area contributed by atoms with Gasteiger partial charge in [0.05, 0.1) is 26.8 Å². The Morgan fingerprint density at radius 2 is 2.04 bits per heavy atom. The number of methoxy groups -OCH3 is 2. The fourth-order valence-electron chi connectivity index (χ4n) is 3.96. The Morgan fingerprint density at radius 3 is 2.75 bits per heavy atom. The fourth-order valence-corrected chi connectivity index (χ4v) is 4.84. The third-order valence-corrected chi connectivity index (χ3v) is 6.48. The maximum atomic E-state index is 5.58. The van der Waals surface area contributed by atoms with E-state index in [9.17, 15) is 0 Å². The van der Waals surface area contributed by atoms with Crippen LogP contribution < -0.4 is 9.47 Å². The number of rotatable bonds is 6. The molecule has 7 heteroatoms. The summed E-state index contributed by atoms with van der Waals surface area (Å²) >= 11 is 1.77. The van der Waals surface area contributed by atoms with Gasteiger partial charge in [0.25, 0.3) is 0 Å². The van der Waals surface area contributed by atoms with Gasteiger partial charge in [0, 0.05) is 17.3 Å². The second-order valence-electron chi connectivity index (χ2n) is 7.37. The molecule has 1 atom stereocenters. The predicted octanol–water partition coefficient (Wildman–Crippen LogP) is 4.17. The van der Waals surface area contributed by atoms with Crippen molar-refractivity contribution in [2.24, 2.45) is 0 Å². The number of fused-ring (bicyclic) bond motifs is 1. The summed E-state index contributed by atoms with van der Waals surface area (Å²) in [7, 11) is 3.37. The molecule has 28 heavy (non-hydrogen) atoms. The molecule has 1 aliphatic heterocycles. The van der Waals surface area contributed by atoms with Crippen LogP contribution in [0.5, 0.6) is 11.5 Å². The molecule has 6 nitrogen and oxygen atoms in total. The summed E-state index contributed by atoms with van der Waals surface area (Å²) in [6.07, 6.45) is 3.30. The van der Waals surface area contributed by atoms with Gasteiger partial charge in [0.1, 0.15) is 0 Å². The van der Waals surface area contributed by atoms with Gasteiger partial charge in [-0.15, -0.1) is 11.3 Å². The standard InChI is InChI=1S/C21H23N3O3S/c1-25-16-10-14-7-8-24(12-19-22-21(23-27-19)13-5-6-13)20(18-4-3-9-28-18)15(14)11-17(16)26-2/h3-4,9-11,13,20H,5-8,12H2,1-2H3. The number of hydrogen-bond acceptors (Lipinski definition) is 7. The lowest BCUT2D eigenvalue weighted by molar-refractivity contribution is 0.179. The maximum absolute atomic E-state index is 5.58. The van der Waals surface area contributed by atoms with E-state index in [1.165, 1.54) is 28.8 Å². The number of hydrogen-bond donors (Lipinski definition) is 0. The number of benzene rings is 1. The van der Waals surface area contributed by atoms with Gasteiger partial charge in [0.15, 0.2) is 17.3 Å². The summed E-state index contributed by atoms with van der Waals surface area (Å²) in [5.41, 5.74) is 2.56. The molecule has 2 aliphatic rings. The zero-order valence-corrected chi connectivity index (χ0v) is 16.9. The Bertz CT molecular complexity index is 965. The maximum Gasteiger partial charge on any atom is 0.240 e. The van der Waals surface area contributed by atoms with E-state index in [0.29, 0.717) is 18.4 Å². The summed E-state index contributed by atoms with van der Waals surface area (Å²) in [4.78, 5) is 8.36. The topological polar surface area (TPSA) is 60.6 Å². The Labute approximate surface area is 168 Å². The highest BCUT2D eigenvalue weighted by molar-refractivity contribution is 7.10. The molecule has 146 valence electrons. The van der Waals surface area contributed by atoms with Gasteiger partial charge in [-0.3, -0.25) is 4.90 Å². The summed E-state index contributed by atoms with van der Waals surface area (Å²) < 4.78 is 16.6. The predicted molar refractivity (Wildman–Crippen MR) is 106 cm³/mol. The van der Waals surface area contributed by atoms with Crippen LogP contribution in [0.4, 0.5) is 0 Å². The first-order valence-electron chi connectivity index (χ1n) is 9.61. The van der Waals surface area contributed by atoms with Crippen molar-refractivity contribution < 1.29 is 14.0 Å². The molecule has 1 saturated carbocycles. The summed E-state index contributed by atoms with van der Waals surface area (Å²) in [5, 5.41) is 6.30. The largest absolute Gasteiger partial charge is 0.493 e. The van der Waals surface area contributed by atoms with Crippen LogP contribution in [0.15, 0.2) is 34.2 Å². The highest BCUT2D eigenvalue weighted by atomic mass is 32.1.